The molecule has 6 N–H and O–H groups in total. The Labute approximate surface area is 126 Å². The Morgan fingerprint density at radius 1 is 1.05 bits per heavy atom. The summed E-state index contributed by atoms with van der Waals surface area (Å²) in [6, 6.07) is 1.33. The predicted molar refractivity (Wildman–Crippen MR) is 91.5 cm³/mol. The predicted octanol–water partition coefficient (Wildman–Crippen LogP) is 0.926. The Hall–Kier alpha value is 0.234. The van der Waals surface area contributed by atoms with Gasteiger partial charge in [-0.05, 0) is 33.4 Å². The maximum absolute atomic E-state index is 6.74. The fourth-order valence-electron chi connectivity index (χ4n) is 2.58. The smallest absolute Gasteiger partial charge is 0.174 e. The molecule has 0 radical (unpaired) electrons. The first kappa shape index (κ1) is 18.3. The van der Waals surface area contributed by atoms with Gasteiger partial charge in [0.15, 0.2) is 7.83 Å². The minimum absolute atomic E-state index is 0.0114. The zero-order valence-electron chi connectivity index (χ0n) is 14.0. The molecule has 0 spiro atoms. The lowest BCUT2D eigenvalue weighted by molar-refractivity contribution is 0.0481. The van der Waals surface area contributed by atoms with Crippen LogP contribution < -0.4 is 22.1 Å². The number of hydrogen-bond acceptors (Lipinski definition) is 5. The van der Waals surface area contributed by atoms with Gasteiger partial charge in [-0.1, -0.05) is 19.1 Å². The molecule has 0 aliphatic carbocycles. The van der Waals surface area contributed by atoms with Crippen LogP contribution in [0.2, 0.25) is 32.2 Å². The van der Waals surface area contributed by atoms with Crippen molar-refractivity contribution in [2.45, 2.75) is 70.4 Å². The standard InChI is InChI=1S/C13H34N4OSi2/c1-11(14)16-9-13(10-17-12(2)15)7-8-19(3,4)20(5,6)18-13/h11-12,16-17H,7-10,14-15H2,1-6H3. The van der Waals surface area contributed by atoms with Gasteiger partial charge in [0.25, 0.3) is 0 Å². The summed E-state index contributed by atoms with van der Waals surface area (Å²) in [4.78, 5) is 0. The van der Waals surface area contributed by atoms with Crippen LogP contribution in [0.3, 0.4) is 0 Å². The normalized spacial score (nSPS) is 31.8. The highest BCUT2D eigenvalue weighted by Gasteiger charge is 2.52. The minimum Gasteiger partial charge on any atom is -0.412 e. The molecule has 120 valence electrons. The summed E-state index contributed by atoms with van der Waals surface area (Å²) in [6.07, 6.45) is 1.08. The molecule has 7 heteroatoms. The van der Waals surface area contributed by atoms with Gasteiger partial charge < -0.3 is 15.9 Å². The van der Waals surface area contributed by atoms with E-state index in [-0.39, 0.29) is 17.9 Å². The van der Waals surface area contributed by atoms with Gasteiger partial charge in [0.2, 0.25) is 0 Å². The third kappa shape index (κ3) is 4.62. The van der Waals surface area contributed by atoms with Gasteiger partial charge in [-0.2, -0.15) is 0 Å². The highest BCUT2D eigenvalue weighted by Crippen LogP contribution is 2.38. The summed E-state index contributed by atoms with van der Waals surface area (Å²) in [7, 11) is -2.84. The fraction of sp³-hybridized carbons (Fsp3) is 1.00. The van der Waals surface area contributed by atoms with Crippen LogP contribution in [0, 0.1) is 0 Å². The van der Waals surface area contributed by atoms with Gasteiger partial charge in [-0.3, -0.25) is 10.6 Å². The van der Waals surface area contributed by atoms with Crippen LogP contribution in [0.4, 0.5) is 0 Å². The molecule has 2 atom stereocenters. The molecule has 1 aliphatic heterocycles. The van der Waals surface area contributed by atoms with Gasteiger partial charge in [-0.15, -0.1) is 0 Å². The maximum atomic E-state index is 6.74. The molecule has 1 fully saturated rings. The Bertz CT molecular complexity index is 304. The van der Waals surface area contributed by atoms with Gasteiger partial charge in [0.05, 0.1) is 25.5 Å². The third-order valence-electron chi connectivity index (χ3n) is 4.80. The van der Waals surface area contributed by atoms with Gasteiger partial charge >= 0.3 is 0 Å². The second-order valence-corrected chi connectivity index (χ2v) is 22.7. The summed E-state index contributed by atoms with van der Waals surface area (Å²) < 4.78 is 6.74. The minimum atomic E-state index is -1.62. The second-order valence-electron chi connectivity index (χ2n) is 7.52. The van der Waals surface area contributed by atoms with E-state index in [9.17, 15) is 0 Å². The van der Waals surface area contributed by atoms with Crippen LogP contribution >= 0.6 is 0 Å². The molecule has 0 aromatic rings. The molecule has 1 heterocycles. The van der Waals surface area contributed by atoms with Gasteiger partial charge in [-0.25, -0.2) is 0 Å². The topological polar surface area (TPSA) is 85.3 Å². The summed E-state index contributed by atoms with van der Waals surface area (Å²) >= 11 is 0. The molecule has 0 bridgehead atoms. The molecule has 2 unspecified atom stereocenters. The zero-order valence-corrected chi connectivity index (χ0v) is 16.0. The van der Waals surface area contributed by atoms with Crippen molar-refractivity contribution < 1.29 is 4.43 Å². The summed E-state index contributed by atoms with van der Waals surface area (Å²) in [5, 5.41) is 6.71. The van der Waals surface area contributed by atoms with Crippen molar-refractivity contribution in [2.24, 2.45) is 11.5 Å². The second kappa shape index (κ2) is 6.55. The zero-order chi connectivity index (χ0) is 15.6. The van der Waals surface area contributed by atoms with E-state index in [1.165, 1.54) is 6.04 Å². The Morgan fingerprint density at radius 3 is 1.85 bits per heavy atom. The lowest BCUT2D eigenvalue weighted by Crippen LogP contribution is -2.69. The van der Waals surface area contributed by atoms with Crippen molar-refractivity contribution in [3.05, 3.63) is 0 Å². The van der Waals surface area contributed by atoms with Crippen molar-refractivity contribution in [1.29, 1.82) is 0 Å². The van der Waals surface area contributed by atoms with Crippen LogP contribution in [0.5, 0.6) is 0 Å². The lowest BCUT2D eigenvalue weighted by atomic mass is 10.0. The van der Waals surface area contributed by atoms with Crippen molar-refractivity contribution in [3.63, 3.8) is 0 Å². The number of hydrogen-bond donors (Lipinski definition) is 4. The van der Waals surface area contributed by atoms with Crippen LogP contribution in [0.1, 0.15) is 20.3 Å². The van der Waals surface area contributed by atoms with Gasteiger partial charge in [0, 0.05) is 13.1 Å². The van der Waals surface area contributed by atoms with E-state index in [4.69, 9.17) is 15.9 Å². The van der Waals surface area contributed by atoms with E-state index in [2.05, 4.69) is 36.8 Å². The van der Waals surface area contributed by atoms with Crippen molar-refractivity contribution >= 4 is 15.4 Å². The molecule has 20 heavy (non-hydrogen) atoms. The summed E-state index contributed by atoms with van der Waals surface area (Å²) in [5.74, 6) is 0. The Kier molecular flexibility index (Phi) is 5.99. The maximum Gasteiger partial charge on any atom is 0.174 e. The lowest BCUT2D eigenvalue weighted by Gasteiger charge is -2.52. The first-order chi connectivity index (χ1) is 9.00. The van der Waals surface area contributed by atoms with Crippen molar-refractivity contribution in [3.8, 4) is 0 Å². The Morgan fingerprint density at radius 2 is 1.50 bits per heavy atom. The highest BCUT2D eigenvalue weighted by molar-refractivity contribution is 7.38. The molecule has 0 aromatic heterocycles. The van der Waals surface area contributed by atoms with E-state index in [1.807, 2.05) is 13.8 Å². The molecule has 0 amide bonds. The number of nitrogens with one attached hydrogen (secondary N) is 2. The highest BCUT2D eigenvalue weighted by atomic mass is 29.3. The molecule has 0 aromatic carbocycles. The molecular weight excluding hydrogens is 284 g/mol. The largest absolute Gasteiger partial charge is 0.412 e. The first-order valence-electron chi connectivity index (χ1n) is 7.68. The van der Waals surface area contributed by atoms with Crippen LogP contribution in [-0.2, 0) is 4.43 Å². The monoisotopic (exact) mass is 318 g/mol. The first-order valence-corrected chi connectivity index (χ1v) is 14.8. The fourth-order valence-corrected chi connectivity index (χ4v) is 9.52. The Balaban J connectivity index is 2.83. The molecule has 1 aliphatic rings. The number of nitrogens with two attached hydrogens (primary N) is 2. The average molecular weight is 319 g/mol. The van der Waals surface area contributed by atoms with E-state index >= 15 is 0 Å². The van der Waals surface area contributed by atoms with E-state index in [0.717, 1.165) is 19.5 Å². The quantitative estimate of drug-likeness (QED) is 0.432. The van der Waals surface area contributed by atoms with Crippen molar-refractivity contribution in [1.82, 2.24) is 10.6 Å². The van der Waals surface area contributed by atoms with Gasteiger partial charge in [0.1, 0.15) is 0 Å². The molecular formula is C13H34N4OSi2. The van der Waals surface area contributed by atoms with E-state index < -0.39 is 15.4 Å². The molecule has 0 saturated carbocycles. The SMILES string of the molecule is CC(N)NCC1(CNC(C)N)CC[Si](C)(C)[Si](C)(C)O1. The average Bonchev–Trinajstić information content (AvgIpc) is 2.29. The number of rotatable bonds is 6. The molecule has 5 nitrogen and oxygen atoms in total. The van der Waals surface area contributed by atoms with Crippen LogP contribution in [-0.4, -0.2) is 46.4 Å². The van der Waals surface area contributed by atoms with E-state index in [0.29, 0.717) is 0 Å². The summed E-state index contributed by atoms with van der Waals surface area (Å²) in [5.41, 5.74) is 11.6. The van der Waals surface area contributed by atoms with Crippen LogP contribution in [0.25, 0.3) is 0 Å². The van der Waals surface area contributed by atoms with E-state index in [1.54, 1.807) is 0 Å². The molecule has 1 rings (SSSR count). The summed E-state index contributed by atoms with van der Waals surface area (Å²) in [6.45, 7) is 15.2. The molecule has 1 saturated heterocycles. The third-order valence-corrected chi connectivity index (χ3v) is 21.3. The van der Waals surface area contributed by atoms with Crippen LogP contribution in [0.15, 0.2) is 0 Å². The van der Waals surface area contributed by atoms with Crippen molar-refractivity contribution in [2.75, 3.05) is 13.1 Å².